The number of unbranched alkanes of at least 4 members (excludes halogenated alkanes) is 1. The van der Waals surface area contributed by atoms with E-state index in [2.05, 4.69) is 9.60 Å². The monoisotopic (exact) mass is 298 g/mol. The molecule has 11 heteroatoms. The number of amidine groups is 1. The molecule has 0 fully saturated rings. The molecule has 1 unspecified atom stereocenters. The zero-order valence-electron chi connectivity index (χ0n) is 10.3. The Kier molecular flexibility index (Phi) is 6.72. The van der Waals surface area contributed by atoms with Gasteiger partial charge in [-0.05, 0) is 6.42 Å². The van der Waals surface area contributed by atoms with E-state index in [1.54, 1.807) is 0 Å². The highest BCUT2D eigenvalue weighted by atomic mass is 32.3. The maximum absolute atomic E-state index is 10.5. The van der Waals surface area contributed by atoms with E-state index >= 15 is 0 Å². The fraction of sp³-hybridized carbons (Fsp3) is 0.625. The first kappa shape index (κ1) is 17.6. The molecule has 0 amide bonds. The summed E-state index contributed by atoms with van der Waals surface area (Å²) in [6, 6.07) is 0. The Bertz CT molecular complexity index is 437. The molecule has 19 heavy (non-hydrogen) atoms. The number of hydrogen-bond acceptors (Lipinski definition) is 7. The number of hydroxylamine groups is 2. The SMILES string of the molecule is CCCCOC1=CC(=N)N(OS(=O)(=O)O)C(N)N1.O. The van der Waals surface area contributed by atoms with Crippen LogP contribution in [-0.4, -0.2) is 42.2 Å². The Morgan fingerprint density at radius 3 is 2.74 bits per heavy atom. The van der Waals surface area contributed by atoms with Crippen LogP contribution in [0, 0.1) is 5.41 Å². The zero-order chi connectivity index (χ0) is 13.8. The second-order valence-corrected chi connectivity index (χ2v) is 4.52. The second-order valence-electron chi connectivity index (χ2n) is 3.51. The van der Waals surface area contributed by atoms with Crippen molar-refractivity contribution in [2.24, 2.45) is 5.73 Å². The van der Waals surface area contributed by atoms with Crippen molar-refractivity contribution in [1.82, 2.24) is 10.4 Å². The van der Waals surface area contributed by atoms with Gasteiger partial charge in [0.2, 0.25) is 0 Å². The Hall–Kier alpha value is -1.40. The molecular weight excluding hydrogens is 280 g/mol. The van der Waals surface area contributed by atoms with Crippen LogP contribution in [0.2, 0.25) is 0 Å². The number of rotatable bonds is 6. The van der Waals surface area contributed by atoms with Gasteiger partial charge in [0.25, 0.3) is 0 Å². The minimum Gasteiger partial charge on any atom is -0.479 e. The standard InChI is InChI=1S/C8H16N4O5S.H2O/c1-2-3-4-16-7-5-6(9)12(8(10)11-7)17-18(13,14)15;/h5,8-9,11H,2-4,10H2,1H3,(H,13,14,15);1H2. The average Bonchev–Trinajstić information content (AvgIpc) is 2.23. The van der Waals surface area contributed by atoms with Crippen LogP contribution in [0.1, 0.15) is 19.8 Å². The van der Waals surface area contributed by atoms with Crippen molar-refractivity contribution in [3.63, 3.8) is 0 Å². The van der Waals surface area contributed by atoms with E-state index in [4.69, 9.17) is 20.4 Å². The molecule has 0 aromatic carbocycles. The Morgan fingerprint density at radius 1 is 1.63 bits per heavy atom. The van der Waals surface area contributed by atoms with Gasteiger partial charge >= 0.3 is 10.4 Å². The van der Waals surface area contributed by atoms with Crippen molar-refractivity contribution in [3.05, 3.63) is 12.0 Å². The van der Waals surface area contributed by atoms with Crippen molar-refractivity contribution < 1.29 is 27.5 Å². The van der Waals surface area contributed by atoms with E-state index in [0.29, 0.717) is 11.7 Å². The Balaban J connectivity index is 0.00000324. The first-order chi connectivity index (χ1) is 8.33. The van der Waals surface area contributed by atoms with Gasteiger partial charge < -0.3 is 15.5 Å². The summed E-state index contributed by atoms with van der Waals surface area (Å²) in [5.74, 6) is -0.110. The molecule has 7 N–H and O–H groups in total. The Morgan fingerprint density at radius 2 is 2.26 bits per heavy atom. The van der Waals surface area contributed by atoms with Crippen LogP contribution in [0.5, 0.6) is 0 Å². The molecule has 1 heterocycles. The summed E-state index contributed by atoms with van der Waals surface area (Å²) >= 11 is 0. The number of hydrogen-bond donors (Lipinski definition) is 4. The van der Waals surface area contributed by atoms with Crippen LogP contribution in [0.15, 0.2) is 12.0 Å². The van der Waals surface area contributed by atoms with Gasteiger partial charge in [-0.3, -0.25) is 15.7 Å². The zero-order valence-corrected chi connectivity index (χ0v) is 11.1. The smallest absolute Gasteiger partial charge is 0.418 e. The third-order valence-electron chi connectivity index (χ3n) is 1.98. The summed E-state index contributed by atoms with van der Waals surface area (Å²) in [5.41, 5.74) is 5.52. The molecule has 1 aliphatic heterocycles. The van der Waals surface area contributed by atoms with Crippen LogP contribution in [0.25, 0.3) is 0 Å². The van der Waals surface area contributed by atoms with E-state index in [1.807, 2.05) is 6.92 Å². The molecule has 0 aromatic rings. The third-order valence-corrected chi connectivity index (χ3v) is 2.33. The third kappa shape index (κ3) is 5.85. The quantitative estimate of drug-likeness (QED) is 0.345. The lowest BCUT2D eigenvalue weighted by Gasteiger charge is -2.32. The molecule has 0 aliphatic carbocycles. The van der Waals surface area contributed by atoms with Crippen LogP contribution in [-0.2, 0) is 19.4 Å². The topological polar surface area (TPSA) is 169 Å². The largest absolute Gasteiger partial charge is 0.479 e. The number of nitrogens with zero attached hydrogens (tertiary/aromatic N) is 1. The summed E-state index contributed by atoms with van der Waals surface area (Å²) < 4.78 is 39.0. The second kappa shape index (κ2) is 7.25. The minimum atomic E-state index is -4.73. The number of nitrogens with one attached hydrogen (secondary N) is 2. The van der Waals surface area contributed by atoms with Crippen LogP contribution in [0.3, 0.4) is 0 Å². The first-order valence-electron chi connectivity index (χ1n) is 5.25. The maximum atomic E-state index is 10.5. The predicted molar refractivity (Wildman–Crippen MR) is 65.9 cm³/mol. The predicted octanol–water partition coefficient (Wildman–Crippen LogP) is -1.32. The lowest BCUT2D eigenvalue weighted by molar-refractivity contribution is -0.0430. The fourth-order valence-corrected chi connectivity index (χ4v) is 1.56. The molecule has 0 saturated carbocycles. The Labute approximate surface area is 110 Å². The van der Waals surface area contributed by atoms with E-state index < -0.39 is 16.7 Å². The highest BCUT2D eigenvalue weighted by Gasteiger charge is 2.28. The molecular formula is C8H18N4O6S. The van der Waals surface area contributed by atoms with Gasteiger partial charge in [-0.25, -0.2) is 0 Å². The van der Waals surface area contributed by atoms with Gasteiger partial charge in [0.05, 0.1) is 6.61 Å². The molecule has 1 atom stereocenters. The summed E-state index contributed by atoms with van der Waals surface area (Å²) in [6.45, 7) is 2.45. The lowest BCUT2D eigenvalue weighted by atomic mass is 10.3. The molecule has 0 bridgehead atoms. The average molecular weight is 298 g/mol. The van der Waals surface area contributed by atoms with Crippen molar-refractivity contribution in [2.75, 3.05) is 6.61 Å². The normalized spacial score (nSPS) is 19.3. The van der Waals surface area contributed by atoms with Crippen LogP contribution in [0.4, 0.5) is 0 Å². The van der Waals surface area contributed by atoms with Gasteiger partial charge in [-0.1, -0.05) is 13.3 Å². The first-order valence-corrected chi connectivity index (χ1v) is 6.61. The summed E-state index contributed by atoms with van der Waals surface area (Å²) in [4.78, 5) is 0. The van der Waals surface area contributed by atoms with Crippen molar-refractivity contribution >= 4 is 16.2 Å². The van der Waals surface area contributed by atoms with E-state index in [0.717, 1.165) is 12.8 Å². The lowest BCUT2D eigenvalue weighted by Crippen LogP contribution is -2.57. The molecule has 112 valence electrons. The number of nitrogens with two attached hydrogens (primary N) is 1. The van der Waals surface area contributed by atoms with Gasteiger partial charge in [0.1, 0.15) is 0 Å². The molecule has 0 spiro atoms. The molecule has 10 nitrogen and oxygen atoms in total. The summed E-state index contributed by atoms with van der Waals surface area (Å²) in [6.07, 6.45) is 1.84. The number of ether oxygens (including phenoxy) is 1. The van der Waals surface area contributed by atoms with Crippen molar-refractivity contribution in [3.8, 4) is 0 Å². The fourth-order valence-electron chi connectivity index (χ4n) is 1.18. The van der Waals surface area contributed by atoms with Crippen LogP contribution < -0.4 is 11.1 Å². The molecule has 1 rings (SSSR count). The van der Waals surface area contributed by atoms with Gasteiger partial charge in [0, 0.05) is 6.08 Å². The summed E-state index contributed by atoms with van der Waals surface area (Å²) in [7, 11) is -4.73. The highest BCUT2D eigenvalue weighted by Crippen LogP contribution is 2.10. The molecule has 1 aliphatic rings. The van der Waals surface area contributed by atoms with Gasteiger partial charge in [-0.15, -0.1) is 4.28 Å². The van der Waals surface area contributed by atoms with E-state index in [1.165, 1.54) is 6.08 Å². The molecule has 0 saturated heterocycles. The molecule has 0 aromatic heterocycles. The summed E-state index contributed by atoms with van der Waals surface area (Å²) in [5, 5.41) is 10.6. The van der Waals surface area contributed by atoms with Gasteiger partial charge in [0.15, 0.2) is 18.0 Å². The maximum Gasteiger partial charge on any atom is 0.418 e. The van der Waals surface area contributed by atoms with E-state index in [9.17, 15) is 8.42 Å². The van der Waals surface area contributed by atoms with Crippen molar-refractivity contribution in [1.29, 1.82) is 5.41 Å². The highest BCUT2D eigenvalue weighted by molar-refractivity contribution is 7.80. The van der Waals surface area contributed by atoms with Gasteiger partial charge in [-0.2, -0.15) is 13.5 Å². The van der Waals surface area contributed by atoms with Crippen molar-refractivity contribution in [2.45, 2.75) is 26.1 Å². The van der Waals surface area contributed by atoms with E-state index in [-0.39, 0.29) is 17.2 Å². The minimum absolute atomic E-state index is 0. The van der Waals surface area contributed by atoms with Crippen LogP contribution >= 0.6 is 0 Å². The molecule has 0 radical (unpaired) electrons.